The molecule has 9 amide bonds. The lowest BCUT2D eigenvalue weighted by atomic mass is 10.0. The second kappa shape index (κ2) is 25.8. The van der Waals surface area contributed by atoms with Crippen molar-refractivity contribution in [3.63, 3.8) is 0 Å². The number of imide groups is 1. The zero-order valence-corrected chi connectivity index (χ0v) is 45.1. The minimum Gasteiger partial charge on any atom is -0.370 e. The Bertz CT molecular complexity index is 3200. The molecule has 0 radical (unpaired) electrons. The Kier molecular flexibility index (Phi) is 18.8. The molecule has 5 heterocycles. The van der Waals surface area contributed by atoms with Gasteiger partial charge in [0.05, 0.1) is 0 Å². The van der Waals surface area contributed by atoms with Crippen molar-refractivity contribution in [1.29, 1.82) is 0 Å². The van der Waals surface area contributed by atoms with Crippen LogP contribution in [0.4, 0.5) is 0 Å². The number of benzene rings is 3. The summed E-state index contributed by atoms with van der Waals surface area (Å²) in [6.07, 6.45) is 5.78. The lowest BCUT2D eigenvalue weighted by Crippen LogP contribution is -2.61. The van der Waals surface area contributed by atoms with Crippen LogP contribution in [-0.2, 0) is 44.7 Å². The largest absolute Gasteiger partial charge is 0.396 e. The number of hydrogen-bond acceptors (Lipinski definition) is 12. The van der Waals surface area contributed by atoms with Crippen LogP contribution >= 0.6 is 7.60 Å². The van der Waals surface area contributed by atoms with E-state index in [2.05, 4.69) is 43.4 Å². The van der Waals surface area contributed by atoms with Crippen molar-refractivity contribution in [1.82, 2.24) is 46.3 Å². The molecule has 0 bridgehead atoms. The van der Waals surface area contributed by atoms with Crippen LogP contribution in [0.25, 0.3) is 10.9 Å². The van der Waals surface area contributed by atoms with Gasteiger partial charge in [0.15, 0.2) is 0 Å². The summed E-state index contributed by atoms with van der Waals surface area (Å²) in [6, 6.07) is 13.3. The van der Waals surface area contributed by atoms with Gasteiger partial charge in [-0.1, -0.05) is 67.5 Å². The maximum Gasteiger partial charge on any atom is 0.396 e. The number of likely N-dealkylation sites (N-methyl/N-ethyl adjacent to an activating group) is 1. The first-order valence-corrected chi connectivity index (χ1v) is 28.4. The number of nitrogens with two attached hydrogens (primary N) is 1. The van der Waals surface area contributed by atoms with Crippen LogP contribution in [0.1, 0.15) is 137 Å². The number of amides is 9. The van der Waals surface area contributed by atoms with Crippen LogP contribution in [0.15, 0.2) is 72.8 Å². The average Bonchev–Trinajstić information content (AvgIpc) is 4.24. The molecule has 3 fully saturated rings. The van der Waals surface area contributed by atoms with E-state index in [1.165, 1.54) is 34.1 Å². The fourth-order valence-corrected chi connectivity index (χ4v) is 11.2. The van der Waals surface area contributed by atoms with Crippen molar-refractivity contribution in [2.75, 3.05) is 26.7 Å². The standard InChI is InChI=1S/C56H65N10O13P/c1-64-28-26-37-19-22-45(66(37)55(75)43(32-64)61-50(70)42-30-36-29-35(18-20-40(36)59-42)56(76)80(77,78)79)52(72)60-41(21-24-46(57)67)49(69)63-48(34-14-9-7-10-15-34)53(73)58-27-11-6-4-2-3-5-8-13-33-16-12-17-38-39(33)31-65(54(38)74)44-23-25-47(68)62-51(44)71/h7,9-10,12,14-18,20,29-30,37,41,43-45,48,59H,2-6,11,19,21-28,31-32H2,1H3,(H2,57,67)(H,58,73)(H,60,72)(H,61,70)(H,63,69)(H,62,68,71)(H2,77,78,79)/t37-,41+,43+,44?,45+,48+/m1/s1. The summed E-state index contributed by atoms with van der Waals surface area (Å²) in [5.74, 6) is 1.44. The van der Waals surface area contributed by atoms with Crippen molar-refractivity contribution in [3.8, 4) is 11.8 Å². The Labute approximate surface area is 461 Å². The third-order valence-corrected chi connectivity index (χ3v) is 15.7. The smallest absolute Gasteiger partial charge is 0.370 e. The summed E-state index contributed by atoms with van der Waals surface area (Å²) in [4.78, 5) is 159. The van der Waals surface area contributed by atoms with Crippen LogP contribution in [0.5, 0.6) is 0 Å². The molecule has 4 aliphatic heterocycles. The minimum atomic E-state index is -5.07. The number of unbranched alkanes of at least 4 members (excludes halogenated alkanes) is 5. The normalized spacial score (nSPS) is 20.0. The van der Waals surface area contributed by atoms with E-state index in [9.17, 15) is 62.3 Å². The first-order chi connectivity index (χ1) is 38.3. The SMILES string of the molecule is CN1CC[C@H]2CC[C@@H](C(=O)N[C@@H](CCC(N)=O)C(=O)N[C@H](C(=O)NCCCCCCCC#Cc3cccc4c3CN(C3CCC(=O)NC3=O)C4=O)c3ccccc3)N2C(=O)[C@@H](NC(=O)c2cc3cc(C(=O)P(=O)(O)O)ccc3[nH]2)C1. The first kappa shape index (κ1) is 58.1. The highest BCUT2D eigenvalue weighted by molar-refractivity contribution is 7.70. The molecule has 8 rings (SSSR count). The van der Waals surface area contributed by atoms with E-state index in [4.69, 9.17) is 5.73 Å². The molecule has 24 heteroatoms. The predicted octanol–water partition coefficient (Wildman–Crippen LogP) is 2.16. The van der Waals surface area contributed by atoms with E-state index in [0.717, 1.165) is 36.8 Å². The molecule has 10 N–H and O–H groups in total. The molecule has 6 atom stereocenters. The van der Waals surface area contributed by atoms with Gasteiger partial charge in [-0.3, -0.25) is 57.8 Å². The number of piperidine rings is 1. The number of H-pyrrole nitrogens is 1. The molecule has 0 saturated carbocycles. The van der Waals surface area contributed by atoms with Crippen molar-refractivity contribution in [3.05, 3.63) is 106 Å². The Morgan fingerprint density at radius 1 is 0.863 bits per heavy atom. The van der Waals surface area contributed by atoms with Crippen LogP contribution in [0.3, 0.4) is 0 Å². The number of hydrogen-bond donors (Lipinski definition) is 9. The molecule has 4 aliphatic rings. The molecule has 0 spiro atoms. The van der Waals surface area contributed by atoms with Crippen molar-refractivity contribution < 1.29 is 62.3 Å². The maximum absolute atomic E-state index is 14.5. The van der Waals surface area contributed by atoms with Crippen molar-refractivity contribution >= 4 is 77.2 Å². The second-order valence-electron chi connectivity index (χ2n) is 20.7. The number of primary amides is 1. The monoisotopic (exact) mass is 1120 g/mol. The van der Waals surface area contributed by atoms with Crippen molar-refractivity contribution in [2.24, 2.45) is 5.73 Å². The zero-order chi connectivity index (χ0) is 57.3. The van der Waals surface area contributed by atoms with Gasteiger partial charge in [0, 0.05) is 72.5 Å². The molecule has 4 aromatic rings. The van der Waals surface area contributed by atoms with Gasteiger partial charge in [-0.2, -0.15) is 0 Å². The molecule has 80 heavy (non-hydrogen) atoms. The molecule has 0 aliphatic carbocycles. The molecular formula is C56H65N10O13P. The van der Waals surface area contributed by atoms with Crippen LogP contribution < -0.4 is 32.3 Å². The lowest BCUT2D eigenvalue weighted by Gasteiger charge is -2.38. The Balaban J connectivity index is 0.839. The number of rotatable bonds is 21. The number of nitrogens with one attached hydrogen (secondary N) is 6. The van der Waals surface area contributed by atoms with Gasteiger partial charge in [-0.05, 0) is 106 Å². The maximum atomic E-state index is 14.5. The van der Waals surface area contributed by atoms with Gasteiger partial charge >= 0.3 is 7.60 Å². The highest BCUT2D eigenvalue weighted by Crippen LogP contribution is 2.39. The fourth-order valence-electron chi connectivity index (χ4n) is 10.7. The molecule has 3 saturated heterocycles. The number of aromatic nitrogens is 1. The van der Waals surface area contributed by atoms with Gasteiger partial charge in [-0.15, -0.1) is 0 Å². The first-order valence-electron chi connectivity index (χ1n) is 26.8. The van der Waals surface area contributed by atoms with E-state index in [1.54, 1.807) is 49.5 Å². The minimum absolute atomic E-state index is 0.00113. The molecule has 1 aromatic heterocycles. The van der Waals surface area contributed by atoms with Crippen LogP contribution in [-0.4, -0.2) is 145 Å². The summed E-state index contributed by atoms with van der Waals surface area (Å²) in [6.45, 7) is 1.15. The van der Waals surface area contributed by atoms with Gasteiger partial charge in [-0.25, -0.2) is 0 Å². The van der Waals surface area contributed by atoms with Gasteiger partial charge in [0.2, 0.25) is 41.4 Å². The van der Waals surface area contributed by atoms with Crippen LogP contribution in [0.2, 0.25) is 0 Å². The molecule has 1 unspecified atom stereocenters. The summed E-state index contributed by atoms with van der Waals surface area (Å²) in [7, 11) is -3.27. The Morgan fingerprint density at radius 3 is 2.38 bits per heavy atom. The fraction of sp³-hybridized carbons (Fsp3) is 0.429. The number of carbonyl (C=O) groups is 10. The zero-order valence-electron chi connectivity index (χ0n) is 44.2. The van der Waals surface area contributed by atoms with Gasteiger partial charge in [0.1, 0.15) is 35.9 Å². The topological polar surface area (TPSA) is 340 Å². The van der Waals surface area contributed by atoms with E-state index >= 15 is 0 Å². The predicted molar refractivity (Wildman–Crippen MR) is 289 cm³/mol. The van der Waals surface area contributed by atoms with Gasteiger partial charge < -0.3 is 56.5 Å². The highest BCUT2D eigenvalue weighted by Gasteiger charge is 2.46. The summed E-state index contributed by atoms with van der Waals surface area (Å²) in [5, 5.41) is 13.8. The van der Waals surface area contributed by atoms with Gasteiger partial charge in [0.25, 0.3) is 17.3 Å². The van der Waals surface area contributed by atoms with E-state index in [1.807, 2.05) is 11.0 Å². The number of nitrogens with zero attached hydrogens (tertiary/aromatic N) is 3. The third kappa shape index (κ3) is 14.0. The highest BCUT2D eigenvalue weighted by atomic mass is 31.2. The second-order valence-corrected chi connectivity index (χ2v) is 22.2. The van der Waals surface area contributed by atoms with E-state index < -0.39 is 90.7 Å². The average molecular weight is 1120 g/mol. The van der Waals surface area contributed by atoms with Crippen LogP contribution in [0, 0.1) is 11.8 Å². The Hall–Kier alpha value is -8.03. The Morgan fingerprint density at radius 2 is 1.62 bits per heavy atom. The van der Waals surface area contributed by atoms with E-state index in [0.29, 0.717) is 60.8 Å². The lowest BCUT2D eigenvalue weighted by molar-refractivity contribution is -0.144. The molecular weight excluding hydrogens is 1050 g/mol. The quantitative estimate of drug-likeness (QED) is 0.0250. The number of aromatic amines is 1. The van der Waals surface area contributed by atoms with E-state index in [-0.39, 0.29) is 68.3 Å². The molecule has 23 nitrogen and oxygen atoms in total. The summed E-state index contributed by atoms with van der Waals surface area (Å²) < 4.78 is 11.6. The van der Waals surface area contributed by atoms with Crippen molar-refractivity contribution in [2.45, 2.75) is 126 Å². The summed E-state index contributed by atoms with van der Waals surface area (Å²) in [5.41, 5.74) is 6.75. The molecule has 422 valence electrons. The third-order valence-electron chi connectivity index (χ3n) is 15.0. The summed E-state index contributed by atoms with van der Waals surface area (Å²) >= 11 is 0. The molecule has 3 aromatic carbocycles. The number of fused-ring (bicyclic) bond motifs is 3. The number of carbonyl (C=O) groups excluding carboxylic acids is 10.